The van der Waals surface area contributed by atoms with Gasteiger partial charge in [-0.1, -0.05) is 42.4 Å². The van der Waals surface area contributed by atoms with E-state index in [1.807, 2.05) is 31.2 Å². The standard InChI is InChI=1S/C22H23ClN2O4/c1-4-28-19-11-15(21-20(14(3)26)13(2)24-22(27)25-21)9-10-18(19)29-12-16-7-5-6-8-17(16)23/h5-11,20-21H,2,4,12H2,1,3H3,(H2,24,25,27)/t20-,21-/m0/s1. The summed E-state index contributed by atoms with van der Waals surface area (Å²) in [6.45, 7) is 7.91. The lowest BCUT2D eigenvalue weighted by atomic mass is 9.86. The van der Waals surface area contributed by atoms with E-state index in [0.717, 1.165) is 11.1 Å². The molecule has 1 saturated heterocycles. The van der Waals surface area contributed by atoms with Crippen molar-refractivity contribution in [2.45, 2.75) is 26.5 Å². The van der Waals surface area contributed by atoms with Crippen LogP contribution in [-0.2, 0) is 11.4 Å². The first-order chi connectivity index (χ1) is 13.9. The molecule has 2 atom stereocenters. The van der Waals surface area contributed by atoms with E-state index in [-0.39, 0.29) is 12.4 Å². The molecule has 1 aliphatic heterocycles. The fourth-order valence-electron chi connectivity index (χ4n) is 3.32. The molecule has 0 unspecified atom stereocenters. The van der Waals surface area contributed by atoms with E-state index in [1.54, 1.807) is 18.2 Å². The minimum atomic E-state index is -0.572. The van der Waals surface area contributed by atoms with Gasteiger partial charge in [0.25, 0.3) is 0 Å². The minimum absolute atomic E-state index is 0.0931. The Morgan fingerprint density at radius 3 is 2.62 bits per heavy atom. The lowest BCUT2D eigenvalue weighted by Gasteiger charge is -2.33. The third-order valence-corrected chi connectivity index (χ3v) is 5.04. The SMILES string of the molecule is C=C1NC(=O)N[C@@H](c2ccc(OCc3ccccc3Cl)c(OCC)c2)[C@@H]1C(C)=O. The van der Waals surface area contributed by atoms with Crippen LogP contribution in [0.1, 0.15) is 31.0 Å². The Morgan fingerprint density at radius 1 is 1.17 bits per heavy atom. The number of Topliss-reactive ketones (excluding diaryl/α,β-unsaturated/α-hetero) is 1. The van der Waals surface area contributed by atoms with Crippen LogP contribution in [0.2, 0.25) is 5.02 Å². The molecule has 0 radical (unpaired) electrons. The Morgan fingerprint density at radius 2 is 1.93 bits per heavy atom. The number of hydrogen-bond acceptors (Lipinski definition) is 4. The molecular formula is C22H23ClN2O4. The third-order valence-electron chi connectivity index (χ3n) is 4.68. The molecule has 1 aliphatic rings. The van der Waals surface area contributed by atoms with Gasteiger partial charge in [0.2, 0.25) is 0 Å². The molecule has 3 rings (SSSR count). The molecule has 0 spiro atoms. The molecule has 0 bridgehead atoms. The number of benzene rings is 2. The highest BCUT2D eigenvalue weighted by Gasteiger charge is 2.36. The van der Waals surface area contributed by atoms with Gasteiger partial charge in [0.1, 0.15) is 12.4 Å². The smallest absolute Gasteiger partial charge is 0.319 e. The zero-order valence-corrected chi connectivity index (χ0v) is 17.1. The van der Waals surface area contributed by atoms with Crippen molar-refractivity contribution >= 4 is 23.4 Å². The number of amides is 2. The molecule has 2 aromatic rings. The average Bonchev–Trinajstić information content (AvgIpc) is 2.67. The Hall–Kier alpha value is -2.99. The van der Waals surface area contributed by atoms with Gasteiger partial charge < -0.3 is 20.1 Å². The van der Waals surface area contributed by atoms with Gasteiger partial charge >= 0.3 is 6.03 Å². The number of halogens is 1. The number of carbonyl (C=O) groups excluding carboxylic acids is 2. The number of ketones is 1. The highest BCUT2D eigenvalue weighted by molar-refractivity contribution is 6.31. The number of urea groups is 1. The number of rotatable bonds is 7. The van der Waals surface area contributed by atoms with Crippen LogP contribution in [-0.4, -0.2) is 18.4 Å². The summed E-state index contributed by atoms with van der Waals surface area (Å²) in [5, 5.41) is 6.00. The van der Waals surface area contributed by atoms with Gasteiger partial charge in [-0.15, -0.1) is 0 Å². The molecule has 29 heavy (non-hydrogen) atoms. The Kier molecular flexibility index (Phi) is 6.44. The molecule has 2 amide bonds. The fraction of sp³-hybridized carbons (Fsp3) is 0.273. The van der Waals surface area contributed by atoms with Crippen molar-refractivity contribution < 1.29 is 19.1 Å². The molecule has 0 aromatic heterocycles. The molecule has 7 heteroatoms. The molecule has 152 valence electrons. The summed E-state index contributed by atoms with van der Waals surface area (Å²) >= 11 is 6.19. The van der Waals surface area contributed by atoms with Gasteiger partial charge in [0.05, 0.1) is 18.6 Å². The summed E-state index contributed by atoms with van der Waals surface area (Å²) < 4.78 is 11.7. The van der Waals surface area contributed by atoms with E-state index < -0.39 is 18.0 Å². The van der Waals surface area contributed by atoms with Crippen LogP contribution >= 0.6 is 11.6 Å². The predicted octanol–water partition coefficient (Wildman–Crippen LogP) is 4.39. The van der Waals surface area contributed by atoms with Gasteiger partial charge in [0.15, 0.2) is 11.5 Å². The quantitative estimate of drug-likeness (QED) is 0.704. The molecular weight excluding hydrogens is 392 g/mol. The van der Waals surface area contributed by atoms with Gasteiger partial charge in [-0.2, -0.15) is 0 Å². The third kappa shape index (κ3) is 4.71. The van der Waals surface area contributed by atoms with Gasteiger partial charge in [-0.25, -0.2) is 4.79 Å². The van der Waals surface area contributed by atoms with Gasteiger partial charge in [-0.3, -0.25) is 4.79 Å². The minimum Gasteiger partial charge on any atom is -0.490 e. The zero-order chi connectivity index (χ0) is 21.0. The van der Waals surface area contributed by atoms with Crippen molar-refractivity contribution in [3.05, 3.63) is 70.9 Å². The predicted molar refractivity (Wildman–Crippen MR) is 111 cm³/mol. The zero-order valence-electron chi connectivity index (χ0n) is 16.3. The molecule has 0 saturated carbocycles. The topological polar surface area (TPSA) is 76.7 Å². The van der Waals surface area contributed by atoms with E-state index >= 15 is 0 Å². The first kappa shape index (κ1) is 20.7. The Bertz CT molecular complexity index is 944. The summed E-state index contributed by atoms with van der Waals surface area (Å²) in [7, 11) is 0. The lowest BCUT2D eigenvalue weighted by molar-refractivity contribution is -0.120. The van der Waals surface area contributed by atoms with Crippen LogP contribution in [0.5, 0.6) is 11.5 Å². The largest absolute Gasteiger partial charge is 0.490 e. The maximum Gasteiger partial charge on any atom is 0.319 e. The monoisotopic (exact) mass is 414 g/mol. The first-order valence-electron chi connectivity index (χ1n) is 9.30. The fourth-order valence-corrected chi connectivity index (χ4v) is 3.51. The second-order valence-corrected chi connectivity index (χ2v) is 7.12. The highest BCUT2D eigenvalue weighted by Crippen LogP contribution is 2.36. The molecule has 1 heterocycles. The van der Waals surface area contributed by atoms with Crippen LogP contribution < -0.4 is 20.1 Å². The summed E-state index contributed by atoms with van der Waals surface area (Å²) in [6.07, 6.45) is 0. The lowest BCUT2D eigenvalue weighted by Crippen LogP contribution is -2.50. The van der Waals surface area contributed by atoms with Crippen LogP contribution in [0, 0.1) is 5.92 Å². The van der Waals surface area contributed by atoms with Crippen molar-refractivity contribution in [3.8, 4) is 11.5 Å². The summed E-state index contributed by atoms with van der Waals surface area (Å²) in [6, 6.07) is 11.9. The van der Waals surface area contributed by atoms with Crippen molar-refractivity contribution in [2.75, 3.05) is 6.61 Å². The van der Waals surface area contributed by atoms with E-state index in [2.05, 4.69) is 17.2 Å². The molecule has 6 nitrogen and oxygen atoms in total. The van der Waals surface area contributed by atoms with E-state index in [1.165, 1.54) is 6.92 Å². The van der Waals surface area contributed by atoms with Crippen LogP contribution in [0.15, 0.2) is 54.7 Å². The van der Waals surface area contributed by atoms with E-state index in [4.69, 9.17) is 21.1 Å². The van der Waals surface area contributed by atoms with Gasteiger partial charge in [-0.05, 0) is 37.6 Å². The summed E-state index contributed by atoms with van der Waals surface area (Å²) in [5.74, 6) is 0.410. The number of nitrogens with one attached hydrogen (secondary N) is 2. The van der Waals surface area contributed by atoms with E-state index in [0.29, 0.717) is 28.8 Å². The number of ether oxygens (including phenoxy) is 2. The second kappa shape index (κ2) is 9.01. The van der Waals surface area contributed by atoms with Crippen LogP contribution in [0.4, 0.5) is 4.79 Å². The maximum absolute atomic E-state index is 12.1. The van der Waals surface area contributed by atoms with Crippen molar-refractivity contribution in [2.24, 2.45) is 5.92 Å². The molecule has 2 N–H and O–H groups in total. The van der Waals surface area contributed by atoms with E-state index in [9.17, 15) is 9.59 Å². The molecule has 0 aliphatic carbocycles. The van der Waals surface area contributed by atoms with Crippen LogP contribution in [0.25, 0.3) is 0 Å². The first-order valence-corrected chi connectivity index (χ1v) is 9.68. The Labute approximate surface area is 174 Å². The normalized spacial score (nSPS) is 18.6. The average molecular weight is 415 g/mol. The van der Waals surface area contributed by atoms with Crippen molar-refractivity contribution in [3.63, 3.8) is 0 Å². The summed E-state index contributed by atoms with van der Waals surface area (Å²) in [4.78, 5) is 24.1. The molecule has 2 aromatic carbocycles. The highest BCUT2D eigenvalue weighted by atomic mass is 35.5. The second-order valence-electron chi connectivity index (χ2n) is 6.71. The number of hydrogen-bond donors (Lipinski definition) is 2. The van der Waals surface area contributed by atoms with Crippen LogP contribution in [0.3, 0.4) is 0 Å². The Balaban J connectivity index is 1.88. The van der Waals surface area contributed by atoms with Crippen molar-refractivity contribution in [1.82, 2.24) is 10.6 Å². The van der Waals surface area contributed by atoms with Gasteiger partial charge in [0, 0.05) is 16.3 Å². The maximum atomic E-state index is 12.1. The van der Waals surface area contributed by atoms with Crippen molar-refractivity contribution in [1.29, 1.82) is 0 Å². The summed E-state index contributed by atoms with van der Waals surface area (Å²) in [5.41, 5.74) is 1.97. The molecule has 1 fully saturated rings. The number of carbonyl (C=O) groups is 2.